The highest BCUT2D eigenvalue weighted by Crippen LogP contribution is 2.22. The molecule has 1 aliphatic heterocycles. The molecular formula is C29H37N5O6S2. The molecule has 1 aliphatic rings. The number of cyclic esters (lactones) is 1. The molecule has 0 spiro atoms. The van der Waals surface area contributed by atoms with E-state index < -0.39 is 40.3 Å². The number of rotatable bonds is 14. The number of aliphatic hydroxyl groups is 1. The topological polar surface area (TPSA) is 155 Å². The van der Waals surface area contributed by atoms with E-state index in [4.69, 9.17) is 10.5 Å². The highest BCUT2D eigenvalue weighted by Gasteiger charge is 2.38. The van der Waals surface area contributed by atoms with E-state index in [-0.39, 0.29) is 43.4 Å². The monoisotopic (exact) mass is 615 g/mol. The van der Waals surface area contributed by atoms with Gasteiger partial charge in [-0.1, -0.05) is 50.6 Å². The molecule has 4 atom stereocenters. The molecule has 2 unspecified atom stereocenters. The number of carbonyl (C=O) groups excluding carboxylic acids is 2. The van der Waals surface area contributed by atoms with E-state index in [1.165, 1.54) is 44.8 Å². The van der Waals surface area contributed by atoms with Crippen molar-refractivity contribution in [3.8, 4) is 0 Å². The number of sulfonamides is 1. The number of nitrogens with one attached hydrogen (secondary N) is 1. The second-order valence-corrected chi connectivity index (χ2v) is 13.4. The maximum atomic E-state index is 13.7. The highest BCUT2D eigenvalue weighted by atomic mass is 32.2. The Morgan fingerprint density at radius 2 is 1.93 bits per heavy atom. The fourth-order valence-corrected chi connectivity index (χ4v) is 6.77. The number of benzene rings is 2. The van der Waals surface area contributed by atoms with E-state index in [9.17, 15) is 23.1 Å². The second-order valence-electron chi connectivity index (χ2n) is 10.5. The zero-order valence-corrected chi connectivity index (χ0v) is 25.3. The molecule has 4 N–H and O–H groups in total. The summed E-state index contributed by atoms with van der Waals surface area (Å²) in [5, 5.41) is 14.3. The van der Waals surface area contributed by atoms with Crippen LogP contribution in [0.4, 0.5) is 10.5 Å². The first-order valence-electron chi connectivity index (χ1n) is 13.8. The number of anilines is 1. The molecule has 0 radical (unpaired) electrons. The smallest absolute Gasteiger partial charge is 0.411 e. The zero-order chi connectivity index (χ0) is 30.3. The number of aliphatic hydroxyl groups excluding tert-OH is 1. The van der Waals surface area contributed by atoms with Crippen molar-refractivity contribution in [2.45, 2.75) is 56.4 Å². The van der Waals surface area contributed by atoms with Crippen LogP contribution in [0.2, 0.25) is 0 Å². The first-order valence-corrected chi connectivity index (χ1v) is 16.1. The number of amides is 2. The van der Waals surface area contributed by atoms with Gasteiger partial charge in [0.25, 0.3) is 5.91 Å². The van der Waals surface area contributed by atoms with Crippen LogP contribution in [-0.4, -0.2) is 77.6 Å². The largest absolute Gasteiger partial charge is 0.434 e. The molecule has 13 heteroatoms. The summed E-state index contributed by atoms with van der Waals surface area (Å²) in [6.45, 7) is 4.15. The third-order valence-corrected chi connectivity index (χ3v) is 9.83. The number of ether oxygens (including phenoxy) is 1. The third-order valence-electron chi connectivity index (χ3n) is 7.22. The SMILES string of the molecule is CC[C@@H](C)CN(CC(O)C(Cc1ccccc1)NC(=O)[C@@H]1CN(Cc2cncs2)C(=O)O1)S(=O)(=O)c1ccc(N)cc1. The molecule has 2 amide bonds. The zero-order valence-electron chi connectivity index (χ0n) is 23.6. The van der Waals surface area contributed by atoms with Crippen molar-refractivity contribution in [1.29, 1.82) is 0 Å². The number of hydrogen-bond donors (Lipinski definition) is 3. The van der Waals surface area contributed by atoms with Crippen LogP contribution in [0.1, 0.15) is 30.7 Å². The average Bonchev–Trinajstić information content (AvgIpc) is 3.62. The Balaban J connectivity index is 1.53. The summed E-state index contributed by atoms with van der Waals surface area (Å²) in [5.41, 5.74) is 8.70. The van der Waals surface area contributed by atoms with Crippen molar-refractivity contribution in [3.63, 3.8) is 0 Å². The van der Waals surface area contributed by atoms with Gasteiger partial charge >= 0.3 is 6.09 Å². The molecule has 2 aromatic carbocycles. The van der Waals surface area contributed by atoms with Gasteiger partial charge in [0.2, 0.25) is 10.0 Å². The first kappa shape index (κ1) is 31.4. The lowest BCUT2D eigenvalue weighted by Gasteiger charge is -2.31. The maximum Gasteiger partial charge on any atom is 0.411 e. The van der Waals surface area contributed by atoms with E-state index in [2.05, 4.69) is 10.3 Å². The predicted molar refractivity (Wildman–Crippen MR) is 160 cm³/mol. The molecule has 1 fully saturated rings. The van der Waals surface area contributed by atoms with Gasteiger partial charge in [-0.3, -0.25) is 14.7 Å². The van der Waals surface area contributed by atoms with Gasteiger partial charge in [0, 0.05) is 29.9 Å². The highest BCUT2D eigenvalue weighted by molar-refractivity contribution is 7.89. The van der Waals surface area contributed by atoms with E-state index >= 15 is 0 Å². The molecule has 4 rings (SSSR count). The fraction of sp³-hybridized carbons (Fsp3) is 0.414. The van der Waals surface area contributed by atoms with E-state index in [1.807, 2.05) is 44.2 Å². The Hall–Kier alpha value is -3.52. The molecular weight excluding hydrogens is 578 g/mol. The van der Waals surface area contributed by atoms with Gasteiger partial charge in [-0.05, 0) is 42.2 Å². The van der Waals surface area contributed by atoms with Gasteiger partial charge in [0.05, 0.1) is 35.6 Å². The van der Waals surface area contributed by atoms with Crippen LogP contribution in [0.5, 0.6) is 0 Å². The molecule has 226 valence electrons. The van der Waals surface area contributed by atoms with Crippen LogP contribution in [0, 0.1) is 5.92 Å². The Labute approximate surface area is 250 Å². The normalized spacial score (nSPS) is 17.6. The van der Waals surface area contributed by atoms with Gasteiger partial charge in [0.15, 0.2) is 6.10 Å². The molecule has 0 bridgehead atoms. The lowest BCUT2D eigenvalue weighted by Crippen LogP contribution is -2.53. The summed E-state index contributed by atoms with van der Waals surface area (Å²) in [6, 6.07) is 14.3. The maximum absolute atomic E-state index is 13.7. The summed E-state index contributed by atoms with van der Waals surface area (Å²) >= 11 is 1.40. The second kappa shape index (κ2) is 14.1. The summed E-state index contributed by atoms with van der Waals surface area (Å²) in [4.78, 5) is 32.1. The van der Waals surface area contributed by atoms with E-state index in [0.717, 1.165) is 16.9 Å². The van der Waals surface area contributed by atoms with Crippen molar-refractivity contribution in [3.05, 3.63) is 76.7 Å². The number of nitrogen functional groups attached to an aromatic ring is 1. The number of thiazole rings is 1. The van der Waals surface area contributed by atoms with Crippen LogP contribution < -0.4 is 11.1 Å². The predicted octanol–water partition coefficient (Wildman–Crippen LogP) is 2.87. The fourth-order valence-electron chi connectivity index (χ4n) is 4.58. The van der Waals surface area contributed by atoms with Crippen molar-refractivity contribution in [2.24, 2.45) is 5.92 Å². The molecule has 1 saturated heterocycles. The molecule has 2 heterocycles. The van der Waals surface area contributed by atoms with Gasteiger partial charge in [-0.2, -0.15) is 4.31 Å². The Bertz CT molecular complexity index is 1420. The molecule has 11 nitrogen and oxygen atoms in total. The number of aromatic nitrogens is 1. The number of nitrogens with two attached hydrogens (primary N) is 1. The van der Waals surface area contributed by atoms with Crippen LogP contribution >= 0.6 is 11.3 Å². The lowest BCUT2D eigenvalue weighted by atomic mass is 10.0. The number of carbonyl (C=O) groups is 2. The van der Waals surface area contributed by atoms with Crippen LogP contribution in [0.15, 0.2) is 71.2 Å². The summed E-state index contributed by atoms with van der Waals surface area (Å²) in [7, 11) is -3.98. The van der Waals surface area contributed by atoms with Crippen LogP contribution in [0.25, 0.3) is 0 Å². The summed E-state index contributed by atoms with van der Waals surface area (Å²) in [5.74, 6) is -0.546. The van der Waals surface area contributed by atoms with Gasteiger partial charge in [-0.25, -0.2) is 13.2 Å². The van der Waals surface area contributed by atoms with Crippen molar-refractivity contribution < 1.29 is 27.9 Å². The quantitative estimate of drug-likeness (QED) is 0.234. The van der Waals surface area contributed by atoms with Crippen molar-refractivity contribution in [2.75, 3.05) is 25.4 Å². The average molecular weight is 616 g/mol. The molecule has 3 aromatic rings. The van der Waals surface area contributed by atoms with E-state index in [1.54, 1.807) is 11.7 Å². The van der Waals surface area contributed by atoms with Crippen LogP contribution in [-0.2, 0) is 32.5 Å². The minimum atomic E-state index is -3.98. The van der Waals surface area contributed by atoms with Gasteiger partial charge in [0.1, 0.15) is 0 Å². The van der Waals surface area contributed by atoms with Gasteiger partial charge < -0.3 is 20.9 Å². The first-order chi connectivity index (χ1) is 20.1. The Morgan fingerprint density at radius 3 is 2.57 bits per heavy atom. The molecule has 0 aliphatic carbocycles. The molecule has 1 aromatic heterocycles. The summed E-state index contributed by atoms with van der Waals surface area (Å²) < 4.78 is 33.9. The summed E-state index contributed by atoms with van der Waals surface area (Å²) in [6.07, 6.45) is -0.339. The van der Waals surface area contributed by atoms with Crippen molar-refractivity contribution in [1.82, 2.24) is 19.5 Å². The van der Waals surface area contributed by atoms with E-state index in [0.29, 0.717) is 5.69 Å². The third kappa shape index (κ3) is 8.06. The molecule has 0 saturated carbocycles. The van der Waals surface area contributed by atoms with Gasteiger partial charge in [-0.15, -0.1) is 11.3 Å². The molecule has 42 heavy (non-hydrogen) atoms. The minimum absolute atomic E-state index is 0.0188. The Kier molecular flexibility index (Phi) is 10.5. The number of hydrogen-bond acceptors (Lipinski definition) is 9. The van der Waals surface area contributed by atoms with Crippen molar-refractivity contribution >= 4 is 39.0 Å². The minimum Gasteiger partial charge on any atom is -0.434 e. The standard InChI is InChI=1S/C29H37N5O6S2/c1-3-20(2)15-34(42(38,39)24-11-9-22(30)10-12-24)17-26(35)25(13-21-7-5-4-6-8-21)32-28(36)27-18-33(29(37)40-27)16-23-14-31-19-41-23/h4-12,14,19-20,25-27,35H,3,13,15-18,30H2,1-2H3,(H,32,36)/t20-,25?,26?,27+/m1/s1. The Morgan fingerprint density at radius 1 is 1.21 bits per heavy atom. The lowest BCUT2D eigenvalue weighted by molar-refractivity contribution is -0.129. The number of nitrogens with zero attached hydrogens (tertiary/aromatic N) is 3. The van der Waals surface area contributed by atoms with Crippen LogP contribution in [0.3, 0.4) is 0 Å².